The summed E-state index contributed by atoms with van der Waals surface area (Å²) >= 11 is 0. The first-order chi connectivity index (χ1) is 16.4. The molecule has 1 spiro atoms. The maximum atomic E-state index is 13.2. The second-order valence-corrected chi connectivity index (χ2v) is 10.9. The standard InChI is InChI=1S/C26H31F3N2O4/c1-13(2)20-18-19(17-15(32)11-24(3,4)23(33)21(17)31-20)25(7-9-34-10-8-25)35-22(18)14-5-6-16(30-12-14)26(27,28)29/h5-6,12-13,15,22-23,32-33H,7-11H2,1-4H3/t15?,22-,23?/m1/s1. The number of halogens is 3. The van der Waals surface area contributed by atoms with E-state index in [2.05, 4.69) is 4.98 Å². The van der Waals surface area contributed by atoms with E-state index < -0.39 is 41.2 Å². The third-order valence-electron chi connectivity index (χ3n) is 7.67. The normalized spacial score (nSPS) is 27.2. The van der Waals surface area contributed by atoms with Gasteiger partial charge in [0.05, 0.1) is 17.4 Å². The highest BCUT2D eigenvalue weighted by atomic mass is 19.4. The third kappa shape index (κ3) is 3.87. The number of hydrogen-bond acceptors (Lipinski definition) is 6. The Morgan fingerprint density at radius 1 is 1.09 bits per heavy atom. The molecule has 2 aliphatic heterocycles. The van der Waals surface area contributed by atoms with Crippen LogP contribution in [0.3, 0.4) is 0 Å². The third-order valence-corrected chi connectivity index (χ3v) is 7.67. The molecule has 0 saturated carbocycles. The number of ether oxygens (including phenoxy) is 2. The Kier molecular flexibility index (Phi) is 5.79. The van der Waals surface area contributed by atoms with Gasteiger partial charge in [0, 0.05) is 54.6 Å². The van der Waals surface area contributed by atoms with E-state index in [1.807, 2.05) is 27.7 Å². The molecular weight excluding hydrogens is 461 g/mol. The zero-order valence-electron chi connectivity index (χ0n) is 20.3. The van der Waals surface area contributed by atoms with E-state index in [-0.39, 0.29) is 5.92 Å². The monoisotopic (exact) mass is 492 g/mol. The maximum Gasteiger partial charge on any atom is 0.433 e. The topological polar surface area (TPSA) is 84.7 Å². The van der Waals surface area contributed by atoms with Gasteiger partial charge >= 0.3 is 6.18 Å². The lowest BCUT2D eigenvalue weighted by Gasteiger charge is -2.42. The first-order valence-corrected chi connectivity index (χ1v) is 12.1. The van der Waals surface area contributed by atoms with Gasteiger partial charge in [0.15, 0.2) is 0 Å². The lowest BCUT2D eigenvalue weighted by Crippen LogP contribution is -2.38. The lowest BCUT2D eigenvalue weighted by atomic mass is 9.68. The van der Waals surface area contributed by atoms with Crippen LogP contribution in [0.15, 0.2) is 18.3 Å². The van der Waals surface area contributed by atoms with Crippen LogP contribution in [0.4, 0.5) is 13.2 Å². The molecule has 0 bridgehead atoms. The molecule has 9 heteroatoms. The molecule has 190 valence electrons. The minimum absolute atomic E-state index is 0.0491. The molecule has 0 amide bonds. The van der Waals surface area contributed by atoms with Gasteiger partial charge in [0.25, 0.3) is 0 Å². The second-order valence-electron chi connectivity index (χ2n) is 10.9. The second kappa shape index (κ2) is 8.23. The maximum absolute atomic E-state index is 13.2. The minimum Gasteiger partial charge on any atom is -0.388 e. The number of rotatable bonds is 2. The zero-order valence-corrected chi connectivity index (χ0v) is 20.3. The van der Waals surface area contributed by atoms with E-state index in [1.165, 1.54) is 12.3 Å². The Morgan fingerprint density at radius 2 is 1.77 bits per heavy atom. The van der Waals surface area contributed by atoms with Crippen molar-refractivity contribution in [3.63, 3.8) is 0 Å². The van der Waals surface area contributed by atoms with E-state index in [1.54, 1.807) is 0 Å². The molecule has 2 aromatic rings. The number of alkyl halides is 3. The van der Waals surface area contributed by atoms with Gasteiger partial charge in [-0.2, -0.15) is 13.2 Å². The highest BCUT2D eigenvalue weighted by Gasteiger charge is 2.53. The Balaban J connectivity index is 1.76. The largest absolute Gasteiger partial charge is 0.433 e. The van der Waals surface area contributed by atoms with Crippen molar-refractivity contribution in [1.82, 2.24) is 9.97 Å². The van der Waals surface area contributed by atoms with E-state index in [9.17, 15) is 23.4 Å². The van der Waals surface area contributed by atoms with Gasteiger partial charge < -0.3 is 19.7 Å². The number of aliphatic hydroxyl groups excluding tert-OH is 2. The van der Waals surface area contributed by atoms with Crippen molar-refractivity contribution in [2.24, 2.45) is 5.41 Å². The van der Waals surface area contributed by atoms with Crippen LogP contribution in [-0.4, -0.2) is 33.4 Å². The zero-order chi connectivity index (χ0) is 25.3. The van der Waals surface area contributed by atoms with Crippen molar-refractivity contribution in [3.8, 4) is 0 Å². The van der Waals surface area contributed by atoms with Crippen LogP contribution >= 0.6 is 0 Å². The Labute approximate surface area is 202 Å². The molecule has 0 radical (unpaired) electrons. The predicted molar refractivity (Wildman–Crippen MR) is 121 cm³/mol. The van der Waals surface area contributed by atoms with Crippen LogP contribution in [0, 0.1) is 5.41 Å². The van der Waals surface area contributed by atoms with Crippen LogP contribution in [-0.2, 0) is 21.3 Å². The molecule has 35 heavy (non-hydrogen) atoms. The highest BCUT2D eigenvalue weighted by molar-refractivity contribution is 5.54. The van der Waals surface area contributed by atoms with E-state index >= 15 is 0 Å². The molecule has 3 atom stereocenters. The van der Waals surface area contributed by atoms with Gasteiger partial charge in [-0.1, -0.05) is 33.8 Å². The number of aliphatic hydroxyl groups is 2. The van der Waals surface area contributed by atoms with Crippen LogP contribution in [0.2, 0.25) is 0 Å². The van der Waals surface area contributed by atoms with Gasteiger partial charge in [-0.15, -0.1) is 0 Å². The fourth-order valence-electron chi connectivity index (χ4n) is 5.85. The SMILES string of the molecule is CC(C)c1nc2c(c3c1[C@@H](c1ccc(C(F)(F)F)nc1)OC31CCOCC1)C(O)CC(C)(C)C2O. The van der Waals surface area contributed by atoms with Gasteiger partial charge in [-0.25, -0.2) is 0 Å². The number of aromatic nitrogens is 2. The molecule has 0 aromatic carbocycles. The van der Waals surface area contributed by atoms with Gasteiger partial charge in [0.1, 0.15) is 17.9 Å². The van der Waals surface area contributed by atoms with Crippen molar-refractivity contribution < 1.29 is 32.9 Å². The number of hydrogen-bond donors (Lipinski definition) is 2. The van der Waals surface area contributed by atoms with Crippen LogP contribution in [0.1, 0.15) is 111 Å². The lowest BCUT2D eigenvalue weighted by molar-refractivity contribution is -0.141. The highest BCUT2D eigenvalue weighted by Crippen LogP contribution is 2.59. The number of fused-ring (bicyclic) bond motifs is 4. The summed E-state index contributed by atoms with van der Waals surface area (Å²) in [5.41, 5.74) is 1.55. The Hall–Kier alpha value is -2.07. The summed E-state index contributed by atoms with van der Waals surface area (Å²) in [4.78, 5) is 8.57. The van der Waals surface area contributed by atoms with E-state index in [0.29, 0.717) is 49.3 Å². The average Bonchev–Trinajstić information content (AvgIpc) is 3.10. The predicted octanol–water partition coefficient (Wildman–Crippen LogP) is 5.24. The molecule has 1 aliphatic carbocycles. The van der Waals surface area contributed by atoms with Crippen LogP contribution < -0.4 is 0 Å². The van der Waals surface area contributed by atoms with Gasteiger partial charge in [-0.05, 0) is 29.4 Å². The summed E-state index contributed by atoms with van der Waals surface area (Å²) in [6, 6.07) is 2.37. The molecule has 1 saturated heterocycles. The number of pyridine rings is 2. The Morgan fingerprint density at radius 3 is 2.34 bits per heavy atom. The molecule has 1 fully saturated rings. The summed E-state index contributed by atoms with van der Waals surface area (Å²) in [5.74, 6) is -0.0491. The summed E-state index contributed by atoms with van der Waals surface area (Å²) in [6.45, 7) is 8.70. The molecule has 2 unspecified atom stereocenters. The van der Waals surface area contributed by atoms with Crippen molar-refractivity contribution in [2.75, 3.05) is 13.2 Å². The fraction of sp³-hybridized carbons (Fsp3) is 0.615. The van der Waals surface area contributed by atoms with Crippen LogP contribution in [0.25, 0.3) is 0 Å². The summed E-state index contributed by atoms with van der Waals surface area (Å²) in [7, 11) is 0. The smallest absolute Gasteiger partial charge is 0.388 e. The first-order valence-electron chi connectivity index (χ1n) is 12.1. The number of nitrogens with zero attached hydrogens (tertiary/aromatic N) is 2. The molecule has 4 heterocycles. The van der Waals surface area contributed by atoms with Crippen molar-refractivity contribution in [1.29, 1.82) is 0 Å². The van der Waals surface area contributed by atoms with Gasteiger partial charge in [-0.3, -0.25) is 9.97 Å². The van der Waals surface area contributed by atoms with Crippen molar-refractivity contribution >= 4 is 0 Å². The van der Waals surface area contributed by atoms with E-state index in [0.717, 1.165) is 22.9 Å². The molecule has 6 nitrogen and oxygen atoms in total. The van der Waals surface area contributed by atoms with Crippen molar-refractivity contribution in [2.45, 2.75) is 83.0 Å². The van der Waals surface area contributed by atoms with Crippen LogP contribution in [0.5, 0.6) is 0 Å². The van der Waals surface area contributed by atoms with E-state index in [4.69, 9.17) is 14.5 Å². The minimum atomic E-state index is -4.54. The average molecular weight is 493 g/mol. The fourth-order valence-corrected chi connectivity index (χ4v) is 5.85. The Bertz CT molecular complexity index is 1120. The molecule has 2 aromatic heterocycles. The quantitative estimate of drug-likeness (QED) is 0.597. The summed E-state index contributed by atoms with van der Waals surface area (Å²) < 4.78 is 51.8. The van der Waals surface area contributed by atoms with Crippen molar-refractivity contribution in [3.05, 3.63) is 57.7 Å². The molecular formula is C26H31F3N2O4. The summed E-state index contributed by atoms with van der Waals surface area (Å²) in [5, 5.41) is 22.6. The van der Waals surface area contributed by atoms with Gasteiger partial charge in [0.2, 0.25) is 0 Å². The summed E-state index contributed by atoms with van der Waals surface area (Å²) in [6.07, 6.45) is -4.30. The molecule has 2 N–H and O–H groups in total. The molecule has 3 aliphatic rings. The molecule has 5 rings (SSSR count). The first kappa shape index (κ1) is 24.6.